The summed E-state index contributed by atoms with van der Waals surface area (Å²) in [6.45, 7) is 13.4. The normalized spacial score (nSPS) is 16.4. The van der Waals surface area contributed by atoms with Gasteiger partial charge in [0.15, 0.2) is 0 Å². The molecule has 0 atom stereocenters. The second kappa shape index (κ2) is 8.89. The van der Waals surface area contributed by atoms with E-state index >= 15 is 0 Å². The molecule has 1 aliphatic rings. The molecule has 7 heteroatoms. The Morgan fingerprint density at radius 3 is 1.76 bits per heavy atom. The van der Waals surface area contributed by atoms with Gasteiger partial charge in [0.05, 0.1) is 12.0 Å². The number of hydrogen-bond acceptors (Lipinski definition) is 6. The number of carbonyl (C=O) groups excluding carboxylic acids is 2. The minimum Gasteiger partial charge on any atom is -0.326 e. The molecule has 144 valence electrons. The van der Waals surface area contributed by atoms with Crippen LogP contribution in [0.5, 0.6) is 0 Å². The third-order valence-corrected chi connectivity index (χ3v) is 4.31. The van der Waals surface area contributed by atoms with Gasteiger partial charge in [-0.15, -0.1) is 0 Å². The minimum absolute atomic E-state index is 0.113. The zero-order valence-electron chi connectivity index (χ0n) is 16.4. The van der Waals surface area contributed by atoms with E-state index in [9.17, 15) is 9.59 Å². The number of carbonyl (C=O) groups is 2. The Labute approximate surface area is 150 Å². The average Bonchev–Trinajstić information content (AvgIpc) is 2.75. The van der Waals surface area contributed by atoms with Crippen LogP contribution < -0.4 is 0 Å². The fourth-order valence-corrected chi connectivity index (χ4v) is 2.22. The number of imide groups is 1. The molecule has 0 fully saturated rings. The summed E-state index contributed by atoms with van der Waals surface area (Å²) < 4.78 is 11.3. The summed E-state index contributed by atoms with van der Waals surface area (Å²) in [5.41, 5.74) is 0.411. The van der Waals surface area contributed by atoms with Crippen molar-refractivity contribution in [3.05, 3.63) is 11.1 Å². The molecule has 7 nitrogen and oxygen atoms in total. The lowest BCUT2D eigenvalue weighted by molar-refractivity contribution is -0.529. The monoisotopic (exact) mass is 357 g/mol. The highest BCUT2D eigenvalue weighted by Crippen LogP contribution is 2.27. The van der Waals surface area contributed by atoms with Crippen molar-refractivity contribution >= 4 is 11.8 Å². The van der Waals surface area contributed by atoms with Crippen molar-refractivity contribution in [1.82, 2.24) is 4.90 Å². The summed E-state index contributed by atoms with van der Waals surface area (Å²) in [4.78, 5) is 36.7. The molecule has 0 aromatic carbocycles. The molecule has 1 aliphatic heterocycles. The Morgan fingerprint density at radius 2 is 1.36 bits per heavy atom. The van der Waals surface area contributed by atoms with E-state index in [-0.39, 0.29) is 24.8 Å². The summed E-state index contributed by atoms with van der Waals surface area (Å²) in [5, 5.41) is 0. The molecule has 0 aromatic heterocycles. The Bertz CT molecular complexity index is 496. The Morgan fingerprint density at radius 1 is 0.880 bits per heavy atom. The highest BCUT2D eigenvalue weighted by Gasteiger charge is 2.40. The molecule has 0 spiro atoms. The quantitative estimate of drug-likeness (QED) is 0.245. The van der Waals surface area contributed by atoms with Gasteiger partial charge in [0.25, 0.3) is 11.8 Å². The second-order valence-electron chi connectivity index (χ2n) is 6.59. The molecule has 0 aliphatic carbocycles. The van der Waals surface area contributed by atoms with E-state index in [1.807, 2.05) is 34.6 Å². The van der Waals surface area contributed by atoms with Gasteiger partial charge in [-0.25, -0.2) is 4.89 Å². The van der Waals surface area contributed by atoms with E-state index in [1.54, 1.807) is 13.8 Å². The van der Waals surface area contributed by atoms with Crippen molar-refractivity contribution in [2.45, 2.75) is 72.9 Å². The fraction of sp³-hybridized carbons (Fsp3) is 0.778. The molecule has 0 aromatic rings. The van der Waals surface area contributed by atoms with Crippen LogP contribution in [-0.4, -0.2) is 48.0 Å². The topological polar surface area (TPSA) is 74.3 Å². The van der Waals surface area contributed by atoms with Crippen molar-refractivity contribution in [2.75, 3.05) is 19.8 Å². The van der Waals surface area contributed by atoms with Gasteiger partial charge >= 0.3 is 5.97 Å². The van der Waals surface area contributed by atoms with Gasteiger partial charge in [0.2, 0.25) is 0 Å². The predicted molar refractivity (Wildman–Crippen MR) is 92.2 cm³/mol. The van der Waals surface area contributed by atoms with E-state index in [1.165, 1.54) is 4.90 Å². The highest BCUT2D eigenvalue weighted by molar-refractivity contribution is 6.18. The first-order valence-corrected chi connectivity index (χ1v) is 8.81. The first-order valence-electron chi connectivity index (χ1n) is 8.81. The first kappa shape index (κ1) is 21.8. The Kier molecular flexibility index (Phi) is 7.74. The SMILES string of the molecule is CCOC(CCN1C(=O)C(C)=C(C)C1=O)(OCC)OOC(C)(C)CC. The van der Waals surface area contributed by atoms with Gasteiger partial charge in [-0.3, -0.25) is 14.5 Å². The number of amides is 2. The Hall–Kier alpha value is -1.28. The van der Waals surface area contributed by atoms with Crippen LogP contribution in [0.15, 0.2) is 11.1 Å². The number of nitrogens with zero attached hydrogens (tertiary/aromatic N) is 1. The van der Waals surface area contributed by atoms with Gasteiger partial charge in [-0.05, 0) is 48.0 Å². The van der Waals surface area contributed by atoms with E-state index < -0.39 is 11.6 Å². The molecule has 0 saturated carbocycles. The molecule has 0 saturated heterocycles. The van der Waals surface area contributed by atoms with Crippen LogP contribution in [0.3, 0.4) is 0 Å². The summed E-state index contributed by atoms with van der Waals surface area (Å²) in [5.74, 6) is -2.06. The lowest BCUT2D eigenvalue weighted by atomic mass is 10.1. The Balaban J connectivity index is 2.86. The number of rotatable bonds is 11. The molecule has 25 heavy (non-hydrogen) atoms. The highest BCUT2D eigenvalue weighted by atomic mass is 17.3. The molecular weight excluding hydrogens is 326 g/mol. The number of hydrogen-bond donors (Lipinski definition) is 0. The van der Waals surface area contributed by atoms with Crippen LogP contribution in [0.25, 0.3) is 0 Å². The maximum absolute atomic E-state index is 12.2. The van der Waals surface area contributed by atoms with E-state index in [4.69, 9.17) is 19.2 Å². The molecule has 0 bridgehead atoms. The zero-order valence-corrected chi connectivity index (χ0v) is 16.4. The van der Waals surface area contributed by atoms with Gasteiger partial charge < -0.3 is 9.47 Å². The largest absolute Gasteiger partial charge is 0.326 e. The van der Waals surface area contributed by atoms with Gasteiger partial charge in [0, 0.05) is 30.9 Å². The van der Waals surface area contributed by atoms with Crippen molar-refractivity contribution in [1.29, 1.82) is 0 Å². The summed E-state index contributed by atoms with van der Waals surface area (Å²) >= 11 is 0. The molecule has 2 amide bonds. The van der Waals surface area contributed by atoms with E-state index in [2.05, 4.69) is 0 Å². The van der Waals surface area contributed by atoms with Crippen molar-refractivity contribution in [2.24, 2.45) is 0 Å². The van der Waals surface area contributed by atoms with Crippen molar-refractivity contribution in [3.8, 4) is 0 Å². The van der Waals surface area contributed by atoms with Crippen LogP contribution in [0.2, 0.25) is 0 Å². The summed E-state index contributed by atoms with van der Waals surface area (Å²) in [6, 6.07) is 0. The molecule has 0 radical (unpaired) electrons. The molecule has 0 unspecified atom stereocenters. The van der Waals surface area contributed by atoms with Crippen molar-refractivity contribution in [3.63, 3.8) is 0 Å². The van der Waals surface area contributed by atoms with E-state index in [0.717, 1.165) is 6.42 Å². The maximum Gasteiger partial charge on any atom is 0.313 e. The molecule has 1 heterocycles. The minimum atomic E-state index is -1.47. The fourth-order valence-electron chi connectivity index (χ4n) is 2.22. The smallest absolute Gasteiger partial charge is 0.313 e. The third-order valence-electron chi connectivity index (χ3n) is 4.31. The van der Waals surface area contributed by atoms with Crippen LogP contribution in [0.1, 0.15) is 61.3 Å². The van der Waals surface area contributed by atoms with Crippen LogP contribution in [0, 0.1) is 0 Å². The van der Waals surface area contributed by atoms with Crippen LogP contribution in [0.4, 0.5) is 0 Å². The summed E-state index contributed by atoms with van der Waals surface area (Å²) in [7, 11) is 0. The average molecular weight is 357 g/mol. The van der Waals surface area contributed by atoms with Crippen LogP contribution in [-0.2, 0) is 28.8 Å². The molecule has 0 N–H and O–H groups in total. The summed E-state index contributed by atoms with van der Waals surface area (Å²) in [6.07, 6.45) is 0.874. The second-order valence-corrected chi connectivity index (χ2v) is 6.59. The maximum atomic E-state index is 12.2. The number of ether oxygens (including phenoxy) is 2. The molecule has 1 rings (SSSR count). The lowest BCUT2D eigenvalue weighted by Gasteiger charge is -2.35. The van der Waals surface area contributed by atoms with Gasteiger partial charge in [-0.1, -0.05) is 6.92 Å². The first-order chi connectivity index (χ1) is 11.6. The zero-order chi connectivity index (χ0) is 19.3. The lowest BCUT2D eigenvalue weighted by Crippen LogP contribution is -2.46. The van der Waals surface area contributed by atoms with E-state index in [0.29, 0.717) is 24.4 Å². The molecular formula is C18H31NO6. The van der Waals surface area contributed by atoms with Gasteiger partial charge in [-0.2, -0.15) is 4.89 Å². The van der Waals surface area contributed by atoms with Gasteiger partial charge in [0.1, 0.15) is 0 Å². The predicted octanol–water partition coefficient (Wildman–Crippen LogP) is 2.95. The van der Waals surface area contributed by atoms with Crippen LogP contribution >= 0.6 is 0 Å². The van der Waals surface area contributed by atoms with Crippen molar-refractivity contribution < 1.29 is 28.8 Å². The standard InChI is InChI=1S/C18H31NO6/c1-8-17(6,7)24-25-18(22-9-2,23-10-3)11-12-19-15(20)13(4)14(5)16(19)21/h8-12H2,1-7H3. The third kappa shape index (κ3) is 5.34.